The van der Waals surface area contributed by atoms with Gasteiger partial charge in [-0.1, -0.05) is 20.8 Å². The van der Waals surface area contributed by atoms with E-state index in [1.165, 1.54) is 0 Å². The maximum atomic E-state index is 13.8. The number of nitrogens with zero attached hydrogens (tertiary/aromatic N) is 3. The Labute approximate surface area is 443 Å². The van der Waals surface area contributed by atoms with E-state index < -0.39 is 58.1 Å². The molecular formula is C56H81N7O12. The molecule has 0 atom stereocenters. The van der Waals surface area contributed by atoms with Crippen LogP contribution in [0.4, 0.5) is 22.7 Å². The van der Waals surface area contributed by atoms with Gasteiger partial charge < -0.3 is 40.2 Å². The van der Waals surface area contributed by atoms with Gasteiger partial charge in [-0.3, -0.25) is 53.1 Å². The summed E-state index contributed by atoms with van der Waals surface area (Å²) < 4.78 is 22.2. The number of hydrogen-bond acceptors (Lipinski definition) is 15. The molecule has 0 spiro atoms. The number of ether oxygens (including phenoxy) is 4. The highest BCUT2D eigenvalue weighted by Gasteiger charge is 2.27. The minimum absolute atomic E-state index is 0.115. The first-order chi connectivity index (χ1) is 34.5. The highest BCUT2D eigenvalue weighted by atomic mass is 16.6. The summed E-state index contributed by atoms with van der Waals surface area (Å²) in [7, 11) is 0. The van der Waals surface area contributed by atoms with Gasteiger partial charge in [0.25, 0.3) is 11.8 Å². The highest BCUT2D eigenvalue weighted by molar-refractivity contribution is 6.06. The van der Waals surface area contributed by atoms with Crippen LogP contribution in [0, 0.1) is 5.41 Å². The summed E-state index contributed by atoms with van der Waals surface area (Å²) in [4.78, 5) is 109. The third-order valence-corrected chi connectivity index (χ3v) is 9.88. The molecule has 0 saturated heterocycles. The Morgan fingerprint density at radius 1 is 0.347 bits per heavy atom. The van der Waals surface area contributed by atoms with Crippen LogP contribution >= 0.6 is 0 Å². The van der Waals surface area contributed by atoms with Gasteiger partial charge in [0.05, 0.1) is 32.7 Å². The number of carbonyl (C=O) groups excluding carboxylic acids is 8. The van der Waals surface area contributed by atoms with E-state index in [4.69, 9.17) is 18.9 Å². The molecule has 0 fully saturated rings. The molecule has 75 heavy (non-hydrogen) atoms. The van der Waals surface area contributed by atoms with Crippen LogP contribution in [0.15, 0.2) is 72.8 Å². The van der Waals surface area contributed by atoms with Gasteiger partial charge in [-0.15, -0.1) is 0 Å². The van der Waals surface area contributed by atoms with Crippen LogP contribution < -0.4 is 21.3 Å². The third-order valence-electron chi connectivity index (χ3n) is 9.88. The number of benzene rings is 3. The zero-order chi connectivity index (χ0) is 56.5. The van der Waals surface area contributed by atoms with Crippen molar-refractivity contribution in [2.24, 2.45) is 5.41 Å². The van der Waals surface area contributed by atoms with Gasteiger partial charge >= 0.3 is 23.9 Å². The lowest BCUT2D eigenvalue weighted by Crippen LogP contribution is -2.47. The van der Waals surface area contributed by atoms with Crippen molar-refractivity contribution in [1.82, 2.24) is 14.7 Å². The molecule has 3 aromatic carbocycles. The van der Waals surface area contributed by atoms with Crippen LogP contribution in [-0.4, -0.2) is 144 Å². The van der Waals surface area contributed by atoms with Crippen molar-refractivity contribution in [2.45, 2.75) is 133 Å². The fourth-order valence-electron chi connectivity index (χ4n) is 7.03. The topological polar surface area (TPSA) is 231 Å². The largest absolute Gasteiger partial charge is 0.459 e. The van der Waals surface area contributed by atoms with E-state index in [0.717, 1.165) is 0 Å². The van der Waals surface area contributed by atoms with Gasteiger partial charge in [0.1, 0.15) is 22.4 Å². The zero-order valence-electron chi connectivity index (χ0n) is 46.7. The van der Waals surface area contributed by atoms with Crippen molar-refractivity contribution in [3.8, 4) is 0 Å². The smallest absolute Gasteiger partial charge is 0.320 e. The minimum Gasteiger partial charge on any atom is -0.459 e. The Hall–Kier alpha value is -6.70. The fourth-order valence-corrected chi connectivity index (χ4v) is 7.03. The first-order valence-electron chi connectivity index (χ1n) is 25.1. The fraction of sp³-hybridized carbons (Fsp3) is 0.536. The van der Waals surface area contributed by atoms with E-state index in [1.807, 2.05) is 20.8 Å². The van der Waals surface area contributed by atoms with Crippen LogP contribution in [0.1, 0.15) is 131 Å². The normalized spacial score (nSPS) is 12.2. The molecular weight excluding hydrogens is 963 g/mol. The van der Waals surface area contributed by atoms with Gasteiger partial charge in [-0.05, 0) is 161 Å². The van der Waals surface area contributed by atoms with Gasteiger partial charge in [-0.2, -0.15) is 0 Å². The van der Waals surface area contributed by atoms with Crippen LogP contribution in [-0.2, 0) is 47.7 Å². The second-order valence-electron chi connectivity index (χ2n) is 23.5. The first-order valence-corrected chi connectivity index (χ1v) is 25.1. The van der Waals surface area contributed by atoms with Gasteiger partial charge in [0.2, 0.25) is 11.8 Å². The Balaban J connectivity index is 1.74. The molecule has 0 aromatic heterocycles. The number of amides is 4. The number of anilines is 4. The molecule has 0 aliphatic rings. The van der Waals surface area contributed by atoms with Crippen molar-refractivity contribution in [1.29, 1.82) is 0 Å². The highest BCUT2D eigenvalue weighted by Crippen LogP contribution is 2.21. The van der Waals surface area contributed by atoms with Crippen LogP contribution in [0.5, 0.6) is 0 Å². The summed E-state index contributed by atoms with van der Waals surface area (Å²) in [6.07, 6.45) is 0.354. The number of hydrogen-bond donors (Lipinski definition) is 4. The van der Waals surface area contributed by atoms with Crippen LogP contribution in [0.25, 0.3) is 0 Å². The molecule has 0 aliphatic heterocycles. The summed E-state index contributed by atoms with van der Waals surface area (Å²) in [5.74, 6) is -3.56. The lowest BCUT2D eigenvalue weighted by Gasteiger charge is -2.30. The molecule has 0 radical (unpaired) electrons. The maximum Gasteiger partial charge on any atom is 0.320 e. The lowest BCUT2D eigenvalue weighted by atomic mass is 9.92. The average Bonchev–Trinajstić information content (AvgIpc) is 3.22. The number of nitrogens with one attached hydrogen (secondary N) is 4. The van der Waals surface area contributed by atoms with Crippen LogP contribution in [0.3, 0.4) is 0 Å². The summed E-state index contributed by atoms with van der Waals surface area (Å²) in [6, 6.07) is 19.4. The molecule has 412 valence electrons. The molecule has 3 aromatic rings. The maximum absolute atomic E-state index is 13.8. The van der Waals surface area contributed by atoms with Crippen molar-refractivity contribution in [3.05, 3.63) is 83.9 Å². The summed E-state index contributed by atoms with van der Waals surface area (Å²) in [5, 5.41) is 11.4. The lowest BCUT2D eigenvalue weighted by molar-refractivity contribution is -0.162. The molecule has 19 nitrogen and oxygen atoms in total. The van der Waals surface area contributed by atoms with Crippen LogP contribution in [0.2, 0.25) is 0 Å². The van der Waals surface area contributed by atoms with E-state index in [1.54, 1.807) is 171 Å². The summed E-state index contributed by atoms with van der Waals surface area (Å²) in [6.45, 7) is 26.1. The Bertz CT molecular complexity index is 2300. The molecule has 4 N–H and O–H groups in total. The van der Waals surface area contributed by atoms with Crippen molar-refractivity contribution in [3.63, 3.8) is 0 Å². The van der Waals surface area contributed by atoms with Gasteiger partial charge in [0, 0.05) is 66.5 Å². The minimum atomic E-state index is -0.783. The molecule has 0 saturated carbocycles. The quantitative estimate of drug-likeness (QED) is 0.0525. The van der Waals surface area contributed by atoms with Gasteiger partial charge in [-0.25, -0.2) is 0 Å². The number of carbonyl (C=O) groups is 8. The molecule has 0 heterocycles. The third kappa shape index (κ3) is 27.4. The van der Waals surface area contributed by atoms with Crippen molar-refractivity contribution >= 4 is 70.3 Å². The second kappa shape index (κ2) is 27.2. The molecule has 3 rings (SSSR count). The predicted molar refractivity (Wildman–Crippen MR) is 289 cm³/mol. The Kier molecular flexibility index (Phi) is 22.7. The van der Waals surface area contributed by atoms with Crippen molar-refractivity contribution in [2.75, 3.05) is 80.2 Å². The number of rotatable bonds is 23. The first kappa shape index (κ1) is 62.6. The average molecular weight is 1040 g/mol. The van der Waals surface area contributed by atoms with Gasteiger partial charge in [0.15, 0.2) is 0 Å². The molecule has 0 unspecified atom stereocenters. The summed E-state index contributed by atoms with van der Waals surface area (Å²) in [5.41, 5.74) is -0.668. The van der Waals surface area contributed by atoms with E-state index in [9.17, 15) is 38.4 Å². The molecule has 0 bridgehead atoms. The van der Waals surface area contributed by atoms with E-state index in [2.05, 4.69) is 21.3 Å². The molecule has 0 aliphatic carbocycles. The predicted octanol–water partition coefficient (Wildman–Crippen LogP) is 7.78. The SMILES string of the molecule is CC(C)(C)CC(=O)Nc1ccc(C(=O)Nc2ccc(C(=O)Nc3ccc(NC(=O)CN(CCN(CC(=O)OC(C)(C)C)CC(=O)OC(C)(C)C)CCN(CC(=O)OC(C)(C)C)CC(=O)OC(C)(C)C)cc3)cc2)cc1. The van der Waals surface area contributed by atoms with Crippen molar-refractivity contribution < 1.29 is 57.3 Å². The Morgan fingerprint density at radius 3 is 0.880 bits per heavy atom. The van der Waals surface area contributed by atoms with E-state index in [-0.39, 0.29) is 76.1 Å². The Morgan fingerprint density at radius 2 is 0.600 bits per heavy atom. The standard InChI is InChI=1S/C56H81N7O12/c1-52(2,3)32-44(64)57-40-20-16-38(17-21-40)50(70)59-42-22-18-39(19-23-42)51(71)60-43-26-24-41(25-27-43)58-45(65)33-61(28-30-62(34-46(66)72-53(4,5)6)35-47(67)73-54(7,8)9)29-31-63(36-48(68)74-55(10,11)12)37-49(69)75-56(13,14)15/h16-27H,28-37H2,1-15H3,(H,57,64)(H,58,65)(H,59,70)(H,60,71). The van der Waals surface area contributed by atoms with E-state index in [0.29, 0.717) is 40.3 Å². The summed E-state index contributed by atoms with van der Waals surface area (Å²) >= 11 is 0. The molecule has 19 heteroatoms. The monoisotopic (exact) mass is 1040 g/mol. The zero-order valence-corrected chi connectivity index (χ0v) is 46.7. The second-order valence-corrected chi connectivity index (χ2v) is 23.5. The molecule has 4 amide bonds. The number of esters is 4. The van der Waals surface area contributed by atoms with E-state index >= 15 is 0 Å².